The van der Waals surface area contributed by atoms with Crippen LogP contribution in [0.1, 0.15) is 5.56 Å². The van der Waals surface area contributed by atoms with Crippen LogP contribution in [0.15, 0.2) is 18.3 Å². The number of hydrogen-bond donors (Lipinski definition) is 0. The largest absolute Gasteiger partial charge is 0.346 e. The zero-order valence-corrected chi connectivity index (χ0v) is 9.87. The van der Waals surface area contributed by atoms with Crippen LogP contribution in [0, 0.1) is 11.6 Å². The van der Waals surface area contributed by atoms with Gasteiger partial charge in [-0.15, -0.1) is 0 Å². The number of nitrogens with zero attached hydrogens (tertiary/aromatic N) is 2. The van der Waals surface area contributed by atoms with Crippen molar-refractivity contribution >= 4 is 10.9 Å². The third-order valence-electron chi connectivity index (χ3n) is 3.61. The Kier molecular flexibility index (Phi) is 2.23. The maximum atomic E-state index is 13.6. The van der Waals surface area contributed by atoms with E-state index in [9.17, 15) is 8.78 Å². The highest BCUT2D eigenvalue weighted by molar-refractivity contribution is 5.84. The number of rotatable bonds is 1. The summed E-state index contributed by atoms with van der Waals surface area (Å²) in [7, 11) is 4.02. The zero-order valence-electron chi connectivity index (χ0n) is 9.87. The Morgan fingerprint density at radius 2 is 2.12 bits per heavy atom. The van der Waals surface area contributed by atoms with Gasteiger partial charge in [-0.25, -0.2) is 8.78 Å². The first-order valence-electron chi connectivity index (χ1n) is 5.70. The second-order valence-electron chi connectivity index (χ2n) is 4.88. The van der Waals surface area contributed by atoms with Crippen LogP contribution in [0.25, 0.3) is 10.9 Å². The van der Waals surface area contributed by atoms with Crippen molar-refractivity contribution in [2.24, 2.45) is 0 Å². The fourth-order valence-electron chi connectivity index (χ4n) is 2.62. The SMILES string of the molecule is CN(C)[C@H]1Cc2cc(F)c(F)c3ccn(c23)C1. The Labute approximate surface area is 98.4 Å². The third-order valence-corrected chi connectivity index (χ3v) is 3.61. The summed E-state index contributed by atoms with van der Waals surface area (Å²) in [5.74, 6) is -1.48. The molecule has 1 aliphatic rings. The number of likely N-dealkylation sites (N-methyl/N-ethyl adjacent to an activating group) is 1. The molecule has 2 heterocycles. The predicted molar refractivity (Wildman–Crippen MR) is 63.0 cm³/mol. The highest BCUT2D eigenvalue weighted by Crippen LogP contribution is 2.30. The van der Waals surface area contributed by atoms with Gasteiger partial charge in [0.05, 0.1) is 5.52 Å². The molecule has 0 bridgehead atoms. The van der Waals surface area contributed by atoms with Gasteiger partial charge in [0.15, 0.2) is 11.6 Å². The van der Waals surface area contributed by atoms with Crippen molar-refractivity contribution < 1.29 is 8.78 Å². The van der Waals surface area contributed by atoms with Gasteiger partial charge in [0.1, 0.15) is 0 Å². The van der Waals surface area contributed by atoms with Gasteiger partial charge >= 0.3 is 0 Å². The zero-order chi connectivity index (χ0) is 12.2. The topological polar surface area (TPSA) is 8.17 Å². The molecule has 0 unspecified atom stereocenters. The van der Waals surface area contributed by atoms with Gasteiger partial charge in [0.2, 0.25) is 0 Å². The summed E-state index contributed by atoms with van der Waals surface area (Å²) in [5, 5.41) is 0.400. The molecule has 17 heavy (non-hydrogen) atoms. The quantitative estimate of drug-likeness (QED) is 0.738. The highest BCUT2D eigenvalue weighted by Gasteiger charge is 2.24. The van der Waals surface area contributed by atoms with Gasteiger partial charge in [-0.05, 0) is 38.2 Å². The highest BCUT2D eigenvalue weighted by atomic mass is 19.2. The summed E-state index contributed by atoms with van der Waals surface area (Å²) in [6, 6.07) is 3.34. The van der Waals surface area contributed by atoms with Crippen molar-refractivity contribution in [1.82, 2.24) is 9.47 Å². The predicted octanol–water partition coefficient (Wildman–Crippen LogP) is 2.41. The summed E-state index contributed by atoms with van der Waals surface area (Å²) >= 11 is 0. The van der Waals surface area contributed by atoms with Gasteiger partial charge in [0.25, 0.3) is 0 Å². The van der Waals surface area contributed by atoms with Crippen molar-refractivity contribution in [3.05, 3.63) is 35.5 Å². The minimum absolute atomic E-state index is 0.336. The maximum Gasteiger partial charge on any atom is 0.168 e. The molecule has 1 aromatic heterocycles. The maximum absolute atomic E-state index is 13.6. The van der Waals surface area contributed by atoms with Gasteiger partial charge in [-0.3, -0.25) is 0 Å². The lowest BCUT2D eigenvalue weighted by Crippen LogP contribution is -2.36. The lowest BCUT2D eigenvalue weighted by Gasteiger charge is -2.30. The second-order valence-corrected chi connectivity index (χ2v) is 4.88. The Hall–Kier alpha value is -1.42. The van der Waals surface area contributed by atoms with Crippen LogP contribution in [0.2, 0.25) is 0 Å². The number of halogens is 2. The molecule has 2 aromatic rings. The first-order valence-corrected chi connectivity index (χ1v) is 5.70. The standard InChI is InChI=1S/C13H14F2N2/c1-16(2)9-5-8-6-11(14)12(15)10-3-4-17(7-9)13(8)10/h3-4,6,9H,5,7H2,1-2H3/t9-/m0/s1. The van der Waals surface area contributed by atoms with Crippen LogP contribution in [0.3, 0.4) is 0 Å². The van der Waals surface area contributed by atoms with E-state index in [1.807, 2.05) is 24.9 Å². The molecule has 0 saturated carbocycles. The average molecular weight is 236 g/mol. The van der Waals surface area contributed by atoms with E-state index in [4.69, 9.17) is 0 Å². The van der Waals surface area contributed by atoms with Crippen molar-refractivity contribution in [3.8, 4) is 0 Å². The van der Waals surface area contributed by atoms with E-state index < -0.39 is 11.6 Å². The van der Waals surface area contributed by atoms with E-state index in [2.05, 4.69) is 4.90 Å². The molecule has 90 valence electrons. The van der Waals surface area contributed by atoms with E-state index in [0.717, 1.165) is 24.0 Å². The minimum atomic E-state index is -0.746. The molecule has 4 heteroatoms. The van der Waals surface area contributed by atoms with Crippen LogP contribution in [-0.2, 0) is 13.0 Å². The molecule has 2 nitrogen and oxygen atoms in total. The molecule has 0 saturated heterocycles. The van der Waals surface area contributed by atoms with Crippen LogP contribution < -0.4 is 0 Å². The van der Waals surface area contributed by atoms with E-state index in [-0.39, 0.29) is 0 Å². The summed E-state index contributed by atoms with van der Waals surface area (Å²) < 4.78 is 29.1. The third kappa shape index (κ3) is 1.47. The fourth-order valence-corrected chi connectivity index (χ4v) is 2.62. The van der Waals surface area contributed by atoms with Crippen molar-refractivity contribution in [1.29, 1.82) is 0 Å². The van der Waals surface area contributed by atoms with Gasteiger partial charge in [0, 0.05) is 24.2 Å². The van der Waals surface area contributed by atoms with Gasteiger partial charge < -0.3 is 9.47 Å². The van der Waals surface area contributed by atoms with Crippen molar-refractivity contribution in [2.45, 2.75) is 19.0 Å². The van der Waals surface area contributed by atoms with E-state index in [1.54, 1.807) is 6.07 Å². The Morgan fingerprint density at radius 1 is 1.35 bits per heavy atom. The smallest absolute Gasteiger partial charge is 0.168 e. The molecule has 1 atom stereocenters. The van der Waals surface area contributed by atoms with Crippen LogP contribution in [-0.4, -0.2) is 29.6 Å². The molecule has 1 aliphatic heterocycles. The van der Waals surface area contributed by atoms with Crippen LogP contribution in [0.4, 0.5) is 8.78 Å². The molecule has 3 rings (SSSR count). The van der Waals surface area contributed by atoms with E-state index >= 15 is 0 Å². The Bertz CT molecular complexity index is 587. The summed E-state index contributed by atoms with van der Waals surface area (Å²) in [6.07, 6.45) is 2.61. The minimum Gasteiger partial charge on any atom is -0.346 e. The van der Waals surface area contributed by atoms with Crippen LogP contribution in [0.5, 0.6) is 0 Å². The normalized spacial score (nSPS) is 19.2. The molecule has 0 radical (unpaired) electrons. The van der Waals surface area contributed by atoms with Crippen molar-refractivity contribution in [2.75, 3.05) is 14.1 Å². The van der Waals surface area contributed by atoms with Crippen molar-refractivity contribution in [3.63, 3.8) is 0 Å². The lowest BCUT2D eigenvalue weighted by atomic mass is 9.99. The molecule has 0 amide bonds. The summed E-state index contributed by atoms with van der Waals surface area (Å²) in [5.41, 5.74) is 1.75. The summed E-state index contributed by atoms with van der Waals surface area (Å²) in [4.78, 5) is 2.12. The molecule has 1 aromatic carbocycles. The monoisotopic (exact) mass is 236 g/mol. The Morgan fingerprint density at radius 3 is 2.82 bits per heavy atom. The van der Waals surface area contributed by atoms with Crippen LogP contribution >= 0.6 is 0 Å². The Balaban J connectivity index is 2.23. The van der Waals surface area contributed by atoms with Gasteiger partial charge in [-0.1, -0.05) is 0 Å². The fraction of sp³-hybridized carbons (Fsp3) is 0.385. The molecule has 0 aliphatic carbocycles. The molecule has 0 fully saturated rings. The molecule has 0 spiro atoms. The first kappa shape index (κ1) is 10.7. The van der Waals surface area contributed by atoms with E-state index in [1.165, 1.54) is 6.07 Å². The number of benzene rings is 1. The molecule has 0 N–H and O–H groups in total. The number of aromatic nitrogens is 1. The average Bonchev–Trinajstić information content (AvgIpc) is 2.70. The summed E-state index contributed by atoms with van der Waals surface area (Å²) in [6.45, 7) is 0.828. The van der Waals surface area contributed by atoms with Gasteiger partial charge in [-0.2, -0.15) is 0 Å². The number of hydrogen-bond acceptors (Lipinski definition) is 1. The lowest BCUT2D eigenvalue weighted by molar-refractivity contribution is 0.258. The second kappa shape index (κ2) is 3.53. The molecular formula is C13H14F2N2. The molecular weight excluding hydrogens is 222 g/mol. The van der Waals surface area contributed by atoms with E-state index in [0.29, 0.717) is 11.4 Å². The first-order chi connectivity index (χ1) is 8.08.